The van der Waals surface area contributed by atoms with Crippen molar-refractivity contribution < 1.29 is 9.59 Å². The van der Waals surface area contributed by atoms with Gasteiger partial charge in [0.25, 0.3) is 0 Å². The topological polar surface area (TPSA) is 63.4 Å². The SMILES string of the molecule is CC(C)C(=O)N1CCC[C@@](Cc2cccc(-c3cccs3)c2)(C(N)=O)C1. The van der Waals surface area contributed by atoms with Crippen LogP contribution in [0.1, 0.15) is 32.3 Å². The molecule has 138 valence electrons. The van der Waals surface area contributed by atoms with E-state index in [0.29, 0.717) is 19.5 Å². The summed E-state index contributed by atoms with van der Waals surface area (Å²) < 4.78 is 0. The van der Waals surface area contributed by atoms with E-state index in [0.717, 1.165) is 24.0 Å². The monoisotopic (exact) mass is 370 g/mol. The van der Waals surface area contributed by atoms with Gasteiger partial charge in [0.15, 0.2) is 0 Å². The first-order valence-corrected chi connectivity index (χ1v) is 10.0. The smallest absolute Gasteiger partial charge is 0.225 e. The van der Waals surface area contributed by atoms with Crippen LogP contribution < -0.4 is 5.73 Å². The number of carbonyl (C=O) groups is 2. The van der Waals surface area contributed by atoms with Crippen LogP contribution in [0.4, 0.5) is 0 Å². The number of rotatable bonds is 5. The van der Waals surface area contributed by atoms with E-state index < -0.39 is 5.41 Å². The molecule has 1 atom stereocenters. The number of primary amides is 1. The van der Waals surface area contributed by atoms with Gasteiger partial charge in [0.1, 0.15) is 0 Å². The summed E-state index contributed by atoms with van der Waals surface area (Å²) in [4.78, 5) is 27.9. The summed E-state index contributed by atoms with van der Waals surface area (Å²) in [5, 5.41) is 2.06. The summed E-state index contributed by atoms with van der Waals surface area (Å²) in [6.07, 6.45) is 2.11. The molecule has 26 heavy (non-hydrogen) atoms. The summed E-state index contributed by atoms with van der Waals surface area (Å²) in [5.41, 5.74) is 7.41. The number of carbonyl (C=O) groups excluding carboxylic acids is 2. The number of thiophene rings is 1. The normalized spacial score (nSPS) is 20.3. The third-order valence-corrected chi connectivity index (χ3v) is 6.10. The van der Waals surface area contributed by atoms with Gasteiger partial charge in [-0.05, 0) is 41.8 Å². The van der Waals surface area contributed by atoms with E-state index >= 15 is 0 Å². The van der Waals surface area contributed by atoms with E-state index in [1.807, 2.05) is 36.9 Å². The van der Waals surface area contributed by atoms with Crippen LogP contribution in [0.5, 0.6) is 0 Å². The summed E-state index contributed by atoms with van der Waals surface area (Å²) in [6.45, 7) is 4.92. The molecule has 1 fully saturated rings. The molecule has 4 nitrogen and oxygen atoms in total. The zero-order valence-electron chi connectivity index (χ0n) is 15.4. The zero-order valence-corrected chi connectivity index (χ0v) is 16.2. The highest BCUT2D eigenvalue weighted by Crippen LogP contribution is 2.35. The van der Waals surface area contributed by atoms with Crippen molar-refractivity contribution >= 4 is 23.2 Å². The molecule has 1 saturated heterocycles. The predicted molar refractivity (Wildman–Crippen MR) is 106 cm³/mol. The van der Waals surface area contributed by atoms with E-state index in [-0.39, 0.29) is 17.7 Å². The molecule has 2 heterocycles. The minimum Gasteiger partial charge on any atom is -0.369 e. The van der Waals surface area contributed by atoms with Gasteiger partial charge in [-0.2, -0.15) is 0 Å². The fourth-order valence-corrected chi connectivity index (χ4v) is 4.51. The first-order valence-electron chi connectivity index (χ1n) is 9.13. The minimum absolute atomic E-state index is 0.0687. The van der Waals surface area contributed by atoms with Crippen LogP contribution in [0.2, 0.25) is 0 Å². The van der Waals surface area contributed by atoms with Crippen molar-refractivity contribution in [2.75, 3.05) is 13.1 Å². The van der Waals surface area contributed by atoms with Crippen molar-refractivity contribution in [3.05, 3.63) is 47.3 Å². The summed E-state index contributed by atoms with van der Waals surface area (Å²) in [6, 6.07) is 12.4. The molecular formula is C21H26N2O2S. The number of hydrogen-bond acceptors (Lipinski definition) is 3. The predicted octanol–water partition coefficient (Wildman–Crippen LogP) is 3.71. The van der Waals surface area contributed by atoms with Crippen molar-refractivity contribution in [2.24, 2.45) is 17.1 Å². The minimum atomic E-state index is -0.684. The van der Waals surface area contributed by atoms with Gasteiger partial charge in [-0.15, -0.1) is 11.3 Å². The van der Waals surface area contributed by atoms with Crippen molar-refractivity contribution in [3.63, 3.8) is 0 Å². The molecule has 0 aliphatic carbocycles. The number of nitrogens with two attached hydrogens (primary N) is 1. The summed E-state index contributed by atoms with van der Waals surface area (Å²) >= 11 is 1.70. The highest BCUT2D eigenvalue weighted by atomic mass is 32.1. The van der Waals surface area contributed by atoms with Gasteiger partial charge in [-0.1, -0.05) is 44.2 Å². The Hall–Kier alpha value is -2.14. The molecule has 1 aromatic carbocycles. The fraction of sp³-hybridized carbons (Fsp3) is 0.429. The largest absolute Gasteiger partial charge is 0.369 e. The van der Waals surface area contributed by atoms with Crippen LogP contribution in [0.15, 0.2) is 41.8 Å². The molecule has 1 aliphatic rings. The molecular weight excluding hydrogens is 344 g/mol. The molecule has 3 rings (SSSR count). The average molecular weight is 371 g/mol. The standard InChI is InChI=1S/C21H26N2O2S/c1-15(2)19(24)23-10-5-9-21(14-23,20(22)25)13-16-6-3-7-17(12-16)18-8-4-11-26-18/h3-4,6-8,11-12,15H,5,9-10,13-14H2,1-2H3,(H2,22,25)/t21-/m0/s1. The lowest BCUT2D eigenvalue weighted by molar-refractivity contribution is -0.142. The quantitative estimate of drug-likeness (QED) is 0.872. The second-order valence-electron chi connectivity index (χ2n) is 7.52. The van der Waals surface area contributed by atoms with E-state index in [9.17, 15) is 9.59 Å². The maximum Gasteiger partial charge on any atom is 0.225 e. The van der Waals surface area contributed by atoms with Crippen LogP contribution in [0, 0.1) is 11.3 Å². The third-order valence-electron chi connectivity index (χ3n) is 5.18. The Morgan fingerprint density at radius 2 is 2.08 bits per heavy atom. The highest BCUT2D eigenvalue weighted by molar-refractivity contribution is 7.13. The maximum absolute atomic E-state index is 12.4. The Labute approximate surface area is 159 Å². The second kappa shape index (κ2) is 7.62. The van der Waals surface area contributed by atoms with Crippen molar-refractivity contribution in [3.8, 4) is 10.4 Å². The Morgan fingerprint density at radius 1 is 1.27 bits per heavy atom. The lowest BCUT2D eigenvalue weighted by Gasteiger charge is -2.41. The number of hydrogen-bond donors (Lipinski definition) is 1. The van der Waals surface area contributed by atoms with Gasteiger partial charge in [0.05, 0.1) is 5.41 Å². The molecule has 0 unspecified atom stereocenters. The van der Waals surface area contributed by atoms with Gasteiger partial charge >= 0.3 is 0 Å². The first kappa shape index (κ1) is 18.6. The molecule has 0 saturated carbocycles. The zero-order chi connectivity index (χ0) is 18.7. The second-order valence-corrected chi connectivity index (χ2v) is 8.46. The number of piperidine rings is 1. The van der Waals surface area contributed by atoms with Gasteiger partial charge in [0, 0.05) is 23.9 Å². The lowest BCUT2D eigenvalue weighted by atomic mass is 9.74. The van der Waals surface area contributed by atoms with E-state index in [2.05, 4.69) is 23.6 Å². The van der Waals surface area contributed by atoms with Crippen LogP contribution >= 0.6 is 11.3 Å². The number of amides is 2. The van der Waals surface area contributed by atoms with Crippen LogP contribution in [-0.2, 0) is 16.0 Å². The van der Waals surface area contributed by atoms with E-state index in [4.69, 9.17) is 5.73 Å². The van der Waals surface area contributed by atoms with Crippen LogP contribution in [0.3, 0.4) is 0 Å². The molecule has 5 heteroatoms. The summed E-state index contributed by atoms with van der Waals surface area (Å²) in [7, 11) is 0. The van der Waals surface area contributed by atoms with Gasteiger partial charge < -0.3 is 10.6 Å². The Kier molecular flexibility index (Phi) is 5.47. The maximum atomic E-state index is 12.4. The van der Waals surface area contributed by atoms with Crippen molar-refractivity contribution in [1.29, 1.82) is 0 Å². The van der Waals surface area contributed by atoms with E-state index in [1.54, 1.807) is 11.3 Å². The van der Waals surface area contributed by atoms with E-state index in [1.165, 1.54) is 4.88 Å². The number of benzene rings is 1. The van der Waals surface area contributed by atoms with Crippen LogP contribution in [-0.4, -0.2) is 29.8 Å². The third kappa shape index (κ3) is 3.83. The molecule has 0 spiro atoms. The molecule has 2 amide bonds. The molecule has 2 N–H and O–H groups in total. The van der Waals surface area contributed by atoms with Crippen molar-refractivity contribution in [2.45, 2.75) is 33.1 Å². The summed E-state index contributed by atoms with van der Waals surface area (Å²) in [5.74, 6) is -0.274. The Bertz CT molecular complexity index is 785. The Balaban J connectivity index is 1.86. The van der Waals surface area contributed by atoms with Gasteiger partial charge in [-0.25, -0.2) is 0 Å². The van der Waals surface area contributed by atoms with Crippen molar-refractivity contribution in [1.82, 2.24) is 4.90 Å². The number of nitrogens with zero attached hydrogens (tertiary/aromatic N) is 1. The fourth-order valence-electron chi connectivity index (χ4n) is 3.79. The lowest BCUT2D eigenvalue weighted by Crippen LogP contribution is -2.54. The van der Waals surface area contributed by atoms with Crippen LogP contribution in [0.25, 0.3) is 10.4 Å². The molecule has 2 aromatic rings. The van der Waals surface area contributed by atoms with Gasteiger partial charge in [-0.3, -0.25) is 9.59 Å². The number of likely N-dealkylation sites (tertiary alicyclic amines) is 1. The Morgan fingerprint density at radius 3 is 2.73 bits per heavy atom. The van der Waals surface area contributed by atoms with Gasteiger partial charge in [0.2, 0.25) is 11.8 Å². The molecule has 1 aromatic heterocycles. The average Bonchev–Trinajstić information content (AvgIpc) is 3.16. The first-order chi connectivity index (χ1) is 12.4. The molecule has 0 radical (unpaired) electrons. The highest BCUT2D eigenvalue weighted by Gasteiger charge is 2.42. The molecule has 1 aliphatic heterocycles. The molecule has 0 bridgehead atoms.